The highest BCUT2D eigenvalue weighted by atomic mass is 32.2. The fourth-order valence-corrected chi connectivity index (χ4v) is 4.96. The van der Waals surface area contributed by atoms with Gasteiger partial charge in [0, 0.05) is 39.8 Å². The molecule has 9 heteroatoms. The molecule has 152 valence electrons. The zero-order valence-corrected chi connectivity index (χ0v) is 17.4. The van der Waals surface area contributed by atoms with Gasteiger partial charge in [-0.15, -0.1) is 0 Å². The first kappa shape index (κ1) is 20.1. The third-order valence-electron chi connectivity index (χ3n) is 4.48. The highest BCUT2D eigenvalue weighted by Gasteiger charge is 2.17. The van der Waals surface area contributed by atoms with Crippen molar-refractivity contribution in [2.75, 3.05) is 0 Å². The lowest BCUT2D eigenvalue weighted by Gasteiger charge is -2.05. The van der Waals surface area contributed by atoms with Gasteiger partial charge in [0.05, 0.1) is 9.82 Å². The van der Waals surface area contributed by atoms with Gasteiger partial charge in [0.2, 0.25) is 0 Å². The molecule has 2 aromatic carbocycles. The molecule has 4 aromatic rings. The Labute approximate surface area is 180 Å². The Morgan fingerprint density at radius 2 is 1.93 bits per heavy atom. The molecular formula is C21H18N4O3S2. The molecular weight excluding hydrogens is 420 g/mol. The van der Waals surface area contributed by atoms with Crippen molar-refractivity contribution in [1.29, 1.82) is 0 Å². The summed E-state index contributed by atoms with van der Waals surface area (Å²) >= 11 is 2.67. The van der Waals surface area contributed by atoms with E-state index in [1.165, 1.54) is 29.2 Å². The Morgan fingerprint density at radius 1 is 1.13 bits per heavy atom. The number of thiophene rings is 1. The Morgan fingerprint density at radius 3 is 2.63 bits per heavy atom. The zero-order valence-electron chi connectivity index (χ0n) is 15.8. The van der Waals surface area contributed by atoms with Gasteiger partial charge in [-0.3, -0.25) is 14.9 Å². The SMILES string of the molecule is NC(=O)c1[nH]c2cc(CNCc3ccc([N+](=O)[O-])s3)ccc2c1Sc1ccccc1. The number of aromatic amines is 1. The van der Waals surface area contributed by atoms with E-state index < -0.39 is 5.91 Å². The molecule has 0 saturated carbocycles. The zero-order chi connectivity index (χ0) is 21.1. The van der Waals surface area contributed by atoms with Crippen LogP contribution < -0.4 is 11.1 Å². The predicted molar refractivity (Wildman–Crippen MR) is 119 cm³/mol. The maximum absolute atomic E-state index is 12.0. The molecule has 7 nitrogen and oxygen atoms in total. The van der Waals surface area contributed by atoms with Crippen molar-refractivity contribution in [3.63, 3.8) is 0 Å². The van der Waals surface area contributed by atoms with Gasteiger partial charge >= 0.3 is 5.00 Å². The number of primary amides is 1. The van der Waals surface area contributed by atoms with Crippen LogP contribution in [0.4, 0.5) is 5.00 Å². The number of rotatable bonds is 8. The minimum absolute atomic E-state index is 0.141. The fraction of sp³-hybridized carbons (Fsp3) is 0.0952. The Kier molecular flexibility index (Phi) is 5.84. The van der Waals surface area contributed by atoms with E-state index in [2.05, 4.69) is 10.3 Å². The van der Waals surface area contributed by atoms with Crippen LogP contribution in [0.2, 0.25) is 0 Å². The fourth-order valence-electron chi connectivity index (χ4n) is 3.10. The molecule has 0 unspecified atom stereocenters. The third kappa shape index (κ3) is 4.38. The molecule has 0 saturated heterocycles. The average molecular weight is 439 g/mol. The maximum Gasteiger partial charge on any atom is 0.324 e. The molecule has 1 amide bonds. The van der Waals surface area contributed by atoms with Crippen LogP contribution >= 0.6 is 23.1 Å². The first-order valence-electron chi connectivity index (χ1n) is 9.12. The van der Waals surface area contributed by atoms with Crippen LogP contribution in [0.3, 0.4) is 0 Å². The summed E-state index contributed by atoms with van der Waals surface area (Å²) in [5.41, 5.74) is 7.86. The van der Waals surface area contributed by atoms with Crippen molar-refractivity contribution in [3.8, 4) is 0 Å². The van der Waals surface area contributed by atoms with Gasteiger partial charge in [-0.1, -0.05) is 53.4 Å². The number of hydrogen-bond donors (Lipinski definition) is 3. The number of carbonyl (C=O) groups excluding carboxylic acids is 1. The van der Waals surface area contributed by atoms with Crippen LogP contribution in [0.5, 0.6) is 0 Å². The monoisotopic (exact) mass is 438 g/mol. The Hall–Kier alpha value is -3.14. The molecule has 0 radical (unpaired) electrons. The number of hydrogen-bond acceptors (Lipinski definition) is 6. The summed E-state index contributed by atoms with van der Waals surface area (Å²) in [6.45, 7) is 1.14. The van der Waals surface area contributed by atoms with Crippen molar-refractivity contribution in [2.24, 2.45) is 5.73 Å². The quantitative estimate of drug-likeness (QED) is 0.273. The molecule has 0 atom stereocenters. The summed E-state index contributed by atoms with van der Waals surface area (Å²) in [5.74, 6) is -0.497. The second kappa shape index (κ2) is 8.70. The number of aromatic nitrogens is 1. The number of fused-ring (bicyclic) bond motifs is 1. The third-order valence-corrected chi connectivity index (χ3v) is 6.65. The molecule has 4 rings (SSSR count). The number of nitro groups is 1. The van der Waals surface area contributed by atoms with Gasteiger partial charge in [0.15, 0.2) is 0 Å². The van der Waals surface area contributed by atoms with Crippen molar-refractivity contribution in [3.05, 3.63) is 86.9 Å². The standard InChI is InChI=1S/C21H18N4O3S2/c22-21(26)19-20(30-14-4-2-1-3-5-14)16-8-6-13(10-17(16)24-19)11-23-12-15-7-9-18(29-15)25(27)28/h1-10,23-24H,11-12H2,(H2,22,26). The first-order valence-corrected chi connectivity index (χ1v) is 10.8. The Balaban J connectivity index is 1.52. The number of nitrogens with two attached hydrogens (primary N) is 1. The Bertz CT molecular complexity index is 1220. The van der Waals surface area contributed by atoms with E-state index in [1.54, 1.807) is 6.07 Å². The summed E-state index contributed by atoms with van der Waals surface area (Å²) in [4.78, 5) is 28.3. The van der Waals surface area contributed by atoms with Gasteiger partial charge in [0.1, 0.15) is 5.69 Å². The number of H-pyrrole nitrogens is 1. The second-order valence-electron chi connectivity index (χ2n) is 6.59. The minimum atomic E-state index is -0.497. The van der Waals surface area contributed by atoms with Crippen LogP contribution in [0.1, 0.15) is 20.9 Å². The van der Waals surface area contributed by atoms with Crippen molar-refractivity contribution in [1.82, 2.24) is 10.3 Å². The van der Waals surface area contributed by atoms with Gasteiger partial charge < -0.3 is 16.0 Å². The number of benzene rings is 2. The average Bonchev–Trinajstić information content (AvgIpc) is 3.34. The van der Waals surface area contributed by atoms with Crippen LogP contribution in [0.15, 0.2) is 70.5 Å². The lowest BCUT2D eigenvalue weighted by molar-refractivity contribution is -0.380. The van der Waals surface area contributed by atoms with E-state index in [4.69, 9.17) is 5.73 Å². The lowest BCUT2D eigenvalue weighted by atomic mass is 10.1. The van der Waals surface area contributed by atoms with E-state index in [1.807, 2.05) is 48.5 Å². The van der Waals surface area contributed by atoms with E-state index >= 15 is 0 Å². The molecule has 0 aliphatic rings. The molecule has 4 N–H and O–H groups in total. The van der Waals surface area contributed by atoms with Crippen LogP contribution in [-0.4, -0.2) is 15.8 Å². The predicted octanol–water partition coefficient (Wildman–Crippen LogP) is 4.68. The summed E-state index contributed by atoms with van der Waals surface area (Å²) in [5, 5.41) is 15.2. The normalized spacial score (nSPS) is 11.1. The largest absolute Gasteiger partial charge is 0.364 e. The van der Waals surface area contributed by atoms with Gasteiger partial charge in [-0.2, -0.15) is 0 Å². The van der Waals surface area contributed by atoms with Gasteiger partial charge in [0.25, 0.3) is 5.91 Å². The molecule has 0 aliphatic heterocycles. The topological polar surface area (TPSA) is 114 Å². The maximum atomic E-state index is 12.0. The molecule has 2 heterocycles. The van der Waals surface area contributed by atoms with E-state index in [0.29, 0.717) is 18.8 Å². The molecule has 0 fully saturated rings. The summed E-state index contributed by atoms with van der Waals surface area (Å²) in [6, 6.07) is 19.1. The molecule has 0 spiro atoms. The number of nitrogens with zero attached hydrogens (tertiary/aromatic N) is 1. The second-order valence-corrected chi connectivity index (χ2v) is 8.82. The van der Waals surface area contributed by atoms with Crippen LogP contribution in [0.25, 0.3) is 10.9 Å². The van der Waals surface area contributed by atoms with E-state index in [0.717, 1.165) is 31.1 Å². The highest BCUT2D eigenvalue weighted by Crippen LogP contribution is 2.36. The van der Waals surface area contributed by atoms with E-state index in [9.17, 15) is 14.9 Å². The molecule has 0 bridgehead atoms. The molecule has 2 aromatic heterocycles. The smallest absolute Gasteiger partial charge is 0.324 e. The summed E-state index contributed by atoms with van der Waals surface area (Å²) in [7, 11) is 0. The minimum Gasteiger partial charge on any atom is -0.364 e. The van der Waals surface area contributed by atoms with Gasteiger partial charge in [-0.05, 0) is 29.8 Å². The molecule has 30 heavy (non-hydrogen) atoms. The number of amides is 1. The highest BCUT2D eigenvalue weighted by molar-refractivity contribution is 7.99. The lowest BCUT2D eigenvalue weighted by Crippen LogP contribution is -2.12. The summed E-state index contributed by atoms with van der Waals surface area (Å²) < 4.78 is 0. The molecule has 0 aliphatic carbocycles. The summed E-state index contributed by atoms with van der Waals surface area (Å²) in [6.07, 6.45) is 0. The van der Waals surface area contributed by atoms with Crippen molar-refractivity contribution >= 4 is 44.9 Å². The van der Waals surface area contributed by atoms with E-state index in [-0.39, 0.29) is 9.92 Å². The van der Waals surface area contributed by atoms with Gasteiger partial charge in [-0.25, -0.2) is 0 Å². The van der Waals surface area contributed by atoms with Crippen molar-refractivity contribution in [2.45, 2.75) is 22.9 Å². The van der Waals surface area contributed by atoms with Crippen molar-refractivity contribution < 1.29 is 9.72 Å². The number of carbonyl (C=O) groups is 1. The number of nitrogens with one attached hydrogen (secondary N) is 2. The van der Waals surface area contributed by atoms with Crippen LogP contribution in [-0.2, 0) is 13.1 Å². The first-order chi connectivity index (χ1) is 14.5. The van der Waals surface area contributed by atoms with Crippen LogP contribution in [0, 0.1) is 10.1 Å².